The molecular weight excluding hydrogens is 334 g/mol. The van der Waals surface area contributed by atoms with Crippen molar-refractivity contribution in [1.82, 2.24) is 4.90 Å². The molecule has 1 N–H and O–H groups in total. The van der Waals surface area contributed by atoms with Crippen LogP contribution in [0.5, 0.6) is 0 Å². The van der Waals surface area contributed by atoms with Crippen molar-refractivity contribution >= 4 is 5.97 Å². The first-order chi connectivity index (χ1) is 12.6. The Kier molecular flexibility index (Phi) is 11.0. The van der Waals surface area contributed by atoms with Crippen LogP contribution >= 0.6 is 0 Å². The molecule has 0 spiro atoms. The maximum atomic E-state index is 10.4. The number of aliphatic carboxylic acids is 1. The molecule has 1 rings (SSSR count). The van der Waals surface area contributed by atoms with Gasteiger partial charge in [0.2, 0.25) is 0 Å². The van der Waals surface area contributed by atoms with Crippen LogP contribution in [0.1, 0.15) is 124 Å². The van der Waals surface area contributed by atoms with Crippen molar-refractivity contribution in [3.8, 4) is 0 Å². The van der Waals surface area contributed by atoms with Gasteiger partial charge in [-0.2, -0.15) is 0 Å². The minimum absolute atomic E-state index is 0.333. The number of carboxylic acids is 1. The summed E-state index contributed by atoms with van der Waals surface area (Å²) in [5.41, 5.74) is 0.667. The van der Waals surface area contributed by atoms with E-state index in [9.17, 15) is 4.79 Å². The molecule has 0 aliphatic carbocycles. The molecule has 160 valence electrons. The van der Waals surface area contributed by atoms with Crippen molar-refractivity contribution in [2.24, 2.45) is 5.92 Å². The third kappa shape index (κ3) is 9.96. The van der Waals surface area contributed by atoms with E-state index in [2.05, 4.69) is 39.6 Å². The Labute approximate surface area is 169 Å². The Morgan fingerprint density at radius 2 is 1.15 bits per heavy atom. The van der Waals surface area contributed by atoms with Crippen LogP contribution in [0.3, 0.4) is 0 Å². The summed E-state index contributed by atoms with van der Waals surface area (Å²) in [6.45, 7) is 9.64. The van der Waals surface area contributed by atoms with E-state index in [-0.39, 0.29) is 0 Å². The molecule has 1 fully saturated rings. The molecule has 1 aliphatic heterocycles. The highest BCUT2D eigenvalue weighted by Crippen LogP contribution is 2.41. The first-order valence-corrected chi connectivity index (χ1v) is 11.6. The molecule has 0 unspecified atom stereocenters. The first kappa shape index (κ1) is 24.5. The minimum Gasteiger partial charge on any atom is -0.481 e. The Morgan fingerprint density at radius 3 is 1.56 bits per heavy atom. The van der Waals surface area contributed by atoms with Gasteiger partial charge < -0.3 is 5.11 Å². The van der Waals surface area contributed by atoms with Crippen LogP contribution in [0, 0.1) is 5.92 Å². The van der Waals surface area contributed by atoms with E-state index in [0.29, 0.717) is 17.5 Å². The van der Waals surface area contributed by atoms with E-state index in [1.807, 2.05) is 0 Å². The minimum atomic E-state index is -0.654. The van der Waals surface area contributed by atoms with E-state index in [0.717, 1.165) is 18.8 Å². The maximum Gasteiger partial charge on any atom is 0.303 e. The summed E-state index contributed by atoms with van der Waals surface area (Å²) in [6, 6.07) is 0. The normalized spacial score (nSPS) is 20.0. The zero-order chi connectivity index (χ0) is 20.3. The van der Waals surface area contributed by atoms with E-state index < -0.39 is 5.97 Å². The van der Waals surface area contributed by atoms with Crippen molar-refractivity contribution < 1.29 is 9.90 Å². The molecule has 0 bridgehead atoms. The molecule has 1 heterocycles. The summed E-state index contributed by atoms with van der Waals surface area (Å²) in [7, 11) is 2.30. The highest BCUT2D eigenvalue weighted by atomic mass is 16.4. The molecular formula is C24H47NO2. The van der Waals surface area contributed by atoms with Gasteiger partial charge in [-0.15, -0.1) is 0 Å². The standard InChI is InChI=1S/C24H47NO2/c1-23(2)19-21(20-24(3,4)25(23)5)17-15-13-11-9-7-6-8-10-12-14-16-18-22(26)27/h21H,6-20H2,1-5H3,(H,26,27). The lowest BCUT2D eigenvalue weighted by atomic mass is 9.72. The molecule has 0 radical (unpaired) electrons. The Morgan fingerprint density at radius 1 is 0.778 bits per heavy atom. The first-order valence-electron chi connectivity index (χ1n) is 11.6. The number of hydrogen-bond donors (Lipinski definition) is 1. The van der Waals surface area contributed by atoms with E-state index in [1.165, 1.54) is 77.0 Å². The second-order valence-corrected chi connectivity index (χ2v) is 10.3. The number of hydrogen-bond acceptors (Lipinski definition) is 2. The summed E-state index contributed by atoms with van der Waals surface area (Å²) < 4.78 is 0. The lowest BCUT2D eigenvalue weighted by Crippen LogP contribution is -2.58. The summed E-state index contributed by atoms with van der Waals surface area (Å²) in [5.74, 6) is 0.241. The van der Waals surface area contributed by atoms with E-state index in [4.69, 9.17) is 5.11 Å². The summed E-state index contributed by atoms with van der Waals surface area (Å²) in [5, 5.41) is 8.60. The summed E-state index contributed by atoms with van der Waals surface area (Å²) in [4.78, 5) is 13.0. The van der Waals surface area contributed by atoms with Crippen molar-refractivity contribution in [2.75, 3.05) is 7.05 Å². The van der Waals surface area contributed by atoms with Crippen molar-refractivity contribution in [2.45, 2.75) is 135 Å². The number of nitrogens with zero attached hydrogens (tertiary/aromatic N) is 1. The van der Waals surface area contributed by atoms with Gasteiger partial charge in [-0.05, 0) is 59.9 Å². The van der Waals surface area contributed by atoms with Gasteiger partial charge in [0.05, 0.1) is 0 Å². The second kappa shape index (κ2) is 12.1. The van der Waals surface area contributed by atoms with Gasteiger partial charge >= 0.3 is 5.97 Å². The topological polar surface area (TPSA) is 40.5 Å². The number of unbranched alkanes of at least 4 members (excludes halogenated alkanes) is 10. The molecule has 0 aromatic carbocycles. The molecule has 1 saturated heterocycles. The Balaban J connectivity index is 1.95. The lowest BCUT2D eigenvalue weighted by molar-refractivity contribution is -0.137. The zero-order valence-electron chi connectivity index (χ0n) is 19.0. The predicted octanol–water partition coefficient (Wildman–Crippen LogP) is 7.04. The monoisotopic (exact) mass is 381 g/mol. The van der Waals surface area contributed by atoms with Crippen molar-refractivity contribution in [3.63, 3.8) is 0 Å². The highest BCUT2D eigenvalue weighted by molar-refractivity contribution is 5.66. The largest absolute Gasteiger partial charge is 0.481 e. The highest BCUT2D eigenvalue weighted by Gasteiger charge is 2.42. The fourth-order valence-corrected chi connectivity index (χ4v) is 5.08. The molecule has 0 saturated carbocycles. The molecule has 0 aromatic rings. The second-order valence-electron chi connectivity index (χ2n) is 10.3. The smallest absolute Gasteiger partial charge is 0.303 e. The number of carbonyl (C=O) groups is 1. The molecule has 1 aliphatic rings. The molecule has 0 aromatic heterocycles. The van der Waals surface area contributed by atoms with Crippen LogP contribution in [0.2, 0.25) is 0 Å². The van der Waals surface area contributed by atoms with Crippen LogP contribution in [0.4, 0.5) is 0 Å². The van der Waals surface area contributed by atoms with Crippen LogP contribution in [0.25, 0.3) is 0 Å². The summed E-state index contributed by atoms with van der Waals surface area (Å²) in [6.07, 6.45) is 18.5. The average molecular weight is 382 g/mol. The summed E-state index contributed by atoms with van der Waals surface area (Å²) >= 11 is 0. The van der Waals surface area contributed by atoms with Crippen molar-refractivity contribution in [1.29, 1.82) is 0 Å². The van der Waals surface area contributed by atoms with Crippen LogP contribution < -0.4 is 0 Å². The zero-order valence-corrected chi connectivity index (χ0v) is 19.0. The van der Waals surface area contributed by atoms with E-state index in [1.54, 1.807) is 0 Å². The number of rotatable bonds is 14. The quantitative estimate of drug-likeness (QED) is 0.328. The number of likely N-dealkylation sites (tertiary alicyclic amines) is 1. The fourth-order valence-electron chi connectivity index (χ4n) is 5.08. The third-order valence-corrected chi connectivity index (χ3v) is 6.90. The van der Waals surface area contributed by atoms with Gasteiger partial charge in [0.25, 0.3) is 0 Å². The van der Waals surface area contributed by atoms with Crippen LogP contribution in [-0.2, 0) is 4.79 Å². The van der Waals surface area contributed by atoms with Gasteiger partial charge in [0.15, 0.2) is 0 Å². The van der Waals surface area contributed by atoms with Crippen LogP contribution in [0.15, 0.2) is 0 Å². The maximum absolute atomic E-state index is 10.4. The van der Waals surface area contributed by atoms with Gasteiger partial charge in [-0.3, -0.25) is 9.69 Å². The van der Waals surface area contributed by atoms with E-state index >= 15 is 0 Å². The lowest BCUT2D eigenvalue weighted by Gasteiger charge is -2.54. The Hall–Kier alpha value is -0.570. The molecule has 0 amide bonds. The molecule has 27 heavy (non-hydrogen) atoms. The third-order valence-electron chi connectivity index (χ3n) is 6.90. The predicted molar refractivity (Wildman–Crippen MR) is 116 cm³/mol. The number of piperidine rings is 1. The molecule has 3 nitrogen and oxygen atoms in total. The SMILES string of the molecule is CN1C(C)(C)CC(CCCCCCCCCCCCCC(=O)O)CC1(C)C. The van der Waals surface area contributed by atoms with Gasteiger partial charge in [-0.1, -0.05) is 70.6 Å². The van der Waals surface area contributed by atoms with Crippen molar-refractivity contribution in [3.05, 3.63) is 0 Å². The van der Waals surface area contributed by atoms with Gasteiger partial charge in [0.1, 0.15) is 0 Å². The Bertz CT molecular complexity index is 399. The average Bonchev–Trinajstić information content (AvgIpc) is 2.56. The molecule has 3 heteroatoms. The fraction of sp³-hybridized carbons (Fsp3) is 0.958. The number of carboxylic acid groups (broad SMARTS) is 1. The van der Waals surface area contributed by atoms with Gasteiger partial charge in [-0.25, -0.2) is 0 Å². The van der Waals surface area contributed by atoms with Gasteiger partial charge in [0, 0.05) is 17.5 Å². The molecule has 0 atom stereocenters. The van der Waals surface area contributed by atoms with Crippen LogP contribution in [-0.4, -0.2) is 34.1 Å².